The Hall–Kier alpha value is -2.96. The van der Waals surface area contributed by atoms with E-state index in [1.165, 1.54) is 11.6 Å². The van der Waals surface area contributed by atoms with Gasteiger partial charge in [0.25, 0.3) is 11.5 Å². The maximum absolute atomic E-state index is 12.4. The standard InChI is InChI=1S/C19H22N4O3/c1-2-12-3-5-13(6-4-12)19(26)21-15-7-8-16-14(9-15)10-18(25)23(22-16)11-17(20)24/h3-6,10,15H,2,7-9,11H2,1H3,(H2,20,24)(H,21,26). The molecule has 0 spiro atoms. The van der Waals surface area contributed by atoms with Crippen LogP contribution in [-0.4, -0.2) is 27.6 Å². The van der Waals surface area contributed by atoms with E-state index < -0.39 is 5.91 Å². The first-order valence-corrected chi connectivity index (χ1v) is 8.74. The normalized spacial score (nSPS) is 16.0. The van der Waals surface area contributed by atoms with Gasteiger partial charge in [0.05, 0.1) is 5.69 Å². The van der Waals surface area contributed by atoms with Crippen LogP contribution in [-0.2, 0) is 30.6 Å². The number of nitrogens with one attached hydrogen (secondary N) is 1. The lowest BCUT2D eigenvalue weighted by Crippen LogP contribution is -2.40. The molecule has 136 valence electrons. The van der Waals surface area contributed by atoms with Crippen LogP contribution in [0.1, 0.15) is 40.5 Å². The van der Waals surface area contributed by atoms with E-state index in [4.69, 9.17) is 5.73 Å². The molecule has 0 radical (unpaired) electrons. The monoisotopic (exact) mass is 354 g/mol. The Kier molecular flexibility index (Phi) is 5.16. The molecule has 7 heteroatoms. The number of nitrogens with two attached hydrogens (primary N) is 1. The number of aromatic nitrogens is 2. The molecule has 1 atom stereocenters. The molecular weight excluding hydrogens is 332 g/mol. The molecule has 0 bridgehead atoms. The number of benzene rings is 1. The fourth-order valence-electron chi connectivity index (χ4n) is 3.18. The van der Waals surface area contributed by atoms with Gasteiger partial charge in [0.1, 0.15) is 6.54 Å². The minimum Gasteiger partial charge on any atom is -0.368 e. The number of aryl methyl sites for hydroxylation is 2. The highest BCUT2D eigenvalue weighted by Gasteiger charge is 2.23. The Morgan fingerprint density at radius 2 is 2.04 bits per heavy atom. The Morgan fingerprint density at radius 1 is 1.31 bits per heavy atom. The van der Waals surface area contributed by atoms with Crippen molar-refractivity contribution in [2.24, 2.45) is 5.73 Å². The number of hydrogen-bond acceptors (Lipinski definition) is 4. The summed E-state index contributed by atoms with van der Waals surface area (Å²) in [6.07, 6.45) is 2.84. The number of hydrogen-bond donors (Lipinski definition) is 2. The lowest BCUT2D eigenvalue weighted by molar-refractivity contribution is -0.118. The first-order valence-electron chi connectivity index (χ1n) is 8.74. The SMILES string of the molecule is CCc1ccc(C(=O)NC2CCc3nn(CC(N)=O)c(=O)cc3C2)cc1. The molecule has 2 aromatic rings. The average Bonchev–Trinajstić information content (AvgIpc) is 2.62. The minimum absolute atomic E-state index is 0.0472. The second-order valence-electron chi connectivity index (χ2n) is 6.54. The molecule has 0 fully saturated rings. The summed E-state index contributed by atoms with van der Waals surface area (Å²) in [7, 11) is 0. The van der Waals surface area contributed by atoms with Crippen molar-refractivity contribution in [3.8, 4) is 0 Å². The predicted molar refractivity (Wildman–Crippen MR) is 96.8 cm³/mol. The van der Waals surface area contributed by atoms with Crippen molar-refractivity contribution in [1.29, 1.82) is 0 Å². The van der Waals surface area contributed by atoms with E-state index in [2.05, 4.69) is 17.3 Å². The van der Waals surface area contributed by atoms with E-state index >= 15 is 0 Å². The molecular formula is C19H22N4O3. The number of amides is 2. The topological polar surface area (TPSA) is 107 Å². The second kappa shape index (κ2) is 7.51. The van der Waals surface area contributed by atoms with Crippen molar-refractivity contribution in [1.82, 2.24) is 15.1 Å². The van der Waals surface area contributed by atoms with Crippen molar-refractivity contribution >= 4 is 11.8 Å². The summed E-state index contributed by atoms with van der Waals surface area (Å²) in [6, 6.07) is 9.00. The van der Waals surface area contributed by atoms with Crippen LogP contribution in [0.2, 0.25) is 0 Å². The third-order valence-corrected chi connectivity index (χ3v) is 4.63. The van der Waals surface area contributed by atoms with Crippen molar-refractivity contribution in [3.05, 3.63) is 63.1 Å². The van der Waals surface area contributed by atoms with Gasteiger partial charge in [-0.05, 0) is 48.9 Å². The molecule has 2 amide bonds. The summed E-state index contributed by atoms with van der Waals surface area (Å²) in [5, 5.41) is 7.26. The second-order valence-corrected chi connectivity index (χ2v) is 6.54. The number of carbonyl (C=O) groups is 2. The molecule has 1 aromatic heterocycles. The number of rotatable bonds is 5. The molecule has 3 N–H and O–H groups in total. The quantitative estimate of drug-likeness (QED) is 0.819. The van der Waals surface area contributed by atoms with Crippen LogP contribution in [0.4, 0.5) is 0 Å². The Bertz CT molecular complexity index is 887. The molecule has 26 heavy (non-hydrogen) atoms. The van der Waals surface area contributed by atoms with E-state index in [9.17, 15) is 14.4 Å². The molecule has 1 unspecified atom stereocenters. The Morgan fingerprint density at radius 3 is 2.69 bits per heavy atom. The van der Waals surface area contributed by atoms with Crippen LogP contribution in [0.15, 0.2) is 35.1 Å². The number of fused-ring (bicyclic) bond motifs is 1. The maximum Gasteiger partial charge on any atom is 0.267 e. The van der Waals surface area contributed by atoms with Crippen molar-refractivity contribution in [2.75, 3.05) is 0 Å². The summed E-state index contributed by atoms with van der Waals surface area (Å²) in [5.74, 6) is -0.717. The first kappa shape index (κ1) is 17.8. The lowest BCUT2D eigenvalue weighted by atomic mass is 9.92. The number of primary amides is 1. The molecule has 3 rings (SSSR count). The summed E-state index contributed by atoms with van der Waals surface area (Å²) in [6.45, 7) is 1.85. The van der Waals surface area contributed by atoms with Crippen molar-refractivity contribution in [2.45, 2.75) is 45.2 Å². The minimum atomic E-state index is -0.602. The third kappa shape index (κ3) is 3.99. The van der Waals surface area contributed by atoms with Crippen molar-refractivity contribution < 1.29 is 9.59 Å². The molecule has 1 aliphatic rings. The van der Waals surface area contributed by atoms with Gasteiger partial charge in [0.2, 0.25) is 5.91 Å². The molecule has 0 saturated heterocycles. The summed E-state index contributed by atoms with van der Waals surface area (Å²) in [5.41, 5.74) is 8.19. The summed E-state index contributed by atoms with van der Waals surface area (Å²) in [4.78, 5) is 35.5. The molecule has 1 heterocycles. The highest BCUT2D eigenvalue weighted by molar-refractivity contribution is 5.94. The number of carbonyl (C=O) groups excluding carboxylic acids is 2. The van der Waals surface area contributed by atoms with Crippen LogP contribution < -0.4 is 16.6 Å². The van der Waals surface area contributed by atoms with Gasteiger partial charge < -0.3 is 11.1 Å². The van der Waals surface area contributed by atoms with Gasteiger partial charge in [-0.1, -0.05) is 19.1 Å². The highest BCUT2D eigenvalue weighted by Crippen LogP contribution is 2.18. The zero-order valence-corrected chi connectivity index (χ0v) is 14.7. The lowest BCUT2D eigenvalue weighted by Gasteiger charge is -2.25. The van der Waals surface area contributed by atoms with Crippen molar-refractivity contribution in [3.63, 3.8) is 0 Å². The van der Waals surface area contributed by atoms with Gasteiger partial charge in [0.15, 0.2) is 0 Å². The average molecular weight is 354 g/mol. The fourth-order valence-corrected chi connectivity index (χ4v) is 3.18. The van der Waals surface area contributed by atoms with Gasteiger partial charge in [0, 0.05) is 17.7 Å². The van der Waals surface area contributed by atoms with E-state index in [1.807, 2.05) is 24.3 Å². The van der Waals surface area contributed by atoms with Gasteiger partial charge in [-0.25, -0.2) is 4.68 Å². The highest BCUT2D eigenvalue weighted by atomic mass is 16.2. The van der Waals surface area contributed by atoms with Crippen LogP contribution >= 0.6 is 0 Å². The van der Waals surface area contributed by atoms with E-state index in [1.54, 1.807) is 0 Å². The van der Waals surface area contributed by atoms with Crippen LogP contribution in [0, 0.1) is 0 Å². The smallest absolute Gasteiger partial charge is 0.267 e. The number of nitrogens with zero attached hydrogens (tertiary/aromatic N) is 2. The zero-order chi connectivity index (χ0) is 18.7. The van der Waals surface area contributed by atoms with Gasteiger partial charge in [-0.3, -0.25) is 14.4 Å². The fraction of sp³-hybridized carbons (Fsp3) is 0.368. The van der Waals surface area contributed by atoms with E-state index in [-0.39, 0.29) is 24.1 Å². The van der Waals surface area contributed by atoms with Gasteiger partial charge in [-0.2, -0.15) is 5.10 Å². The Balaban J connectivity index is 1.69. The predicted octanol–water partition coefficient (Wildman–Crippen LogP) is 0.578. The van der Waals surface area contributed by atoms with Crippen LogP contribution in [0.3, 0.4) is 0 Å². The Labute approximate surface area is 151 Å². The van der Waals surface area contributed by atoms with E-state index in [0.717, 1.165) is 28.8 Å². The maximum atomic E-state index is 12.4. The van der Waals surface area contributed by atoms with Gasteiger partial charge >= 0.3 is 0 Å². The van der Waals surface area contributed by atoms with Crippen LogP contribution in [0.5, 0.6) is 0 Å². The molecule has 0 aliphatic heterocycles. The first-order chi connectivity index (χ1) is 12.5. The van der Waals surface area contributed by atoms with Gasteiger partial charge in [-0.15, -0.1) is 0 Å². The molecule has 1 aliphatic carbocycles. The summed E-state index contributed by atoms with van der Waals surface area (Å²) >= 11 is 0. The van der Waals surface area contributed by atoms with E-state index in [0.29, 0.717) is 18.4 Å². The molecule has 0 saturated carbocycles. The zero-order valence-electron chi connectivity index (χ0n) is 14.7. The summed E-state index contributed by atoms with van der Waals surface area (Å²) < 4.78 is 1.09. The molecule has 1 aromatic carbocycles. The largest absolute Gasteiger partial charge is 0.368 e. The third-order valence-electron chi connectivity index (χ3n) is 4.63. The van der Waals surface area contributed by atoms with Crippen LogP contribution in [0.25, 0.3) is 0 Å². The molecule has 7 nitrogen and oxygen atoms in total.